The van der Waals surface area contributed by atoms with E-state index in [9.17, 15) is 38.7 Å². The Hall–Kier alpha value is -4.52. The molecule has 0 unspecified atom stereocenters. The molecule has 19 heteroatoms. The highest BCUT2D eigenvalue weighted by atomic mass is 16.3. The van der Waals surface area contributed by atoms with Gasteiger partial charge in [-0.05, 0) is 63.8 Å². The Morgan fingerprint density at radius 3 is 1.86 bits per heavy atom. The van der Waals surface area contributed by atoms with E-state index in [-0.39, 0.29) is 49.1 Å². The van der Waals surface area contributed by atoms with Crippen LogP contribution in [0.1, 0.15) is 73.1 Å². The normalized spacial score (nSPS) is 17.0. The van der Waals surface area contributed by atoms with Gasteiger partial charge in [-0.15, -0.1) is 0 Å². The molecular weight excluding hydrogens is 654 g/mol. The fraction of sp³-hybridized carbons (Fsp3) is 0.742. The van der Waals surface area contributed by atoms with Gasteiger partial charge in [-0.2, -0.15) is 0 Å². The smallest absolute Gasteiger partial charge is 0.245 e. The van der Waals surface area contributed by atoms with Gasteiger partial charge in [0.25, 0.3) is 0 Å². The number of guanidine groups is 1. The molecule has 0 aromatic heterocycles. The first-order valence-electron chi connectivity index (χ1n) is 16.9. The van der Waals surface area contributed by atoms with E-state index in [1.165, 1.54) is 6.92 Å². The Morgan fingerprint density at radius 2 is 1.34 bits per heavy atom. The van der Waals surface area contributed by atoms with E-state index >= 15 is 0 Å². The SMILES string of the molecule is CC(C)C[C@H](NC(=O)CNC(=O)[C@H](CC(C)C)NC(=O)[C@@H]1CCCN1)C(=O)N[C@@H](CO)C(=O)N[C@@H](C)C(=O)N[C@@H](CCCNC(=N)N)C(N)=O. The number of rotatable bonds is 22. The van der Waals surface area contributed by atoms with Crippen LogP contribution in [0, 0.1) is 17.2 Å². The molecule has 0 aromatic carbocycles. The molecule has 6 atom stereocenters. The Labute approximate surface area is 292 Å². The fourth-order valence-electron chi connectivity index (χ4n) is 5.08. The summed E-state index contributed by atoms with van der Waals surface area (Å²) in [6.45, 7) is 8.41. The standard InChI is InChI=1S/C31H57N11O8/c1-16(2)12-21(41-28(48)20-9-7-10-35-20)27(47)37-14-24(44)39-22(13-17(3)4)29(49)42-23(15-43)30(50)38-18(5)26(46)40-19(25(32)45)8-6-11-36-31(33)34/h16-23,35,43H,6-15H2,1-5H3,(H2,32,45)(H,37,47)(H,38,50)(H,39,44)(H,40,46)(H,41,48)(H,42,49)(H4,33,34,36)/t18-,19-,20-,21-,22-,23-/m0/s1. The molecule has 1 aliphatic rings. The van der Waals surface area contributed by atoms with Gasteiger partial charge in [-0.3, -0.25) is 39.0 Å². The molecule has 0 saturated carbocycles. The molecule has 0 aromatic rings. The second-order valence-electron chi connectivity index (χ2n) is 13.2. The van der Waals surface area contributed by atoms with Crippen molar-refractivity contribution in [2.45, 2.75) is 109 Å². The number of amides is 7. The molecule has 1 aliphatic heterocycles. The van der Waals surface area contributed by atoms with Crippen LogP contribution >= 0.6 is 0 Å². The zero-order valence-corrected chi connectivity index (χ0v) is 29.6. The topological polar surface area (TPSA) is 312 Å². The second kappa shape index (κ2) is 22.2. The number of primary amides is 1. The van der Waals surface area contributed by atoms with Crippen LogP contribution < -0.4 is 54.0 Å². The first kappa shape index (κ1) is 43.5. The molecule has 0 spiro atoms. The molecule has 14 N–H and O–H groups in total. The van der Waals surface area contributed by atoms with Gasteiger partial charge in [0, 0.05) is 6.54 Å². The van der Waals surface area contributed by atoms with E-state index < -0.39 is 78.8 Å². The van der Waals surface area contributed by atoms with Gasteiger partial charge in [-0.25, -0.2) is 0 Å². The van der Waals surface area contributed by atoms with E-state index in [0.717, 1.165) is 6.42 Å². The third kappa shape index (κ3) is 16.7. The Morgan fingerprint density at radius 1 is 0.760 bits per heavy atom. The van der Waals surface area contributed by atoms with Crippen LogP contribution in [0.4, 0.5) is 0 Å². The van der Waals surface area contributed by atoms with Crippen molar-refractivity contribution in [1.82, 2.24) is 42.5 Å². The van der Waals surface area contributed by atoms with Crippen molar-refractivity contribution in [2.24, 2.45) is 23.3 Å². The first-order chi connectivity index (χ1) is 23.4. The lowest BCUT2D eigenvalue weighted by Crippen LogP contribution is -2.59. The first-order valence-corrected chi connectivity index (χ1v) is 16.9. The number of hydrogen-bond donors (Lipinski definition) is 12. The summed E-state index contributed by atoms with van der Waals surface area (Å²) < 4.78 is 0. The van der Waals surface area contributed by atoms with Gasteiger partial charge < -0.3 is 59.1 Å². The van der Waals surface area contributed by atoms with Gasteiger partial charge in [0.05, 0.1) is 19.2 Å². The summed E-state index contributed by atoms with van der Waals surface area (Å²) in [5.41, 5.74) is 10.6. The molecule has 19 nitrogen and oxygen atoms in total. The lowest BCUT2D eigenvalue weighted by atomic mass is 10.0. The van der Waals surface area contributed by atoms with E-state index in [0.29, 0.717) is 25.8 Å². The van der Waals surface area contributed by atoms with Gasteiger partial charge in [0.2, 0.25) is 41.4 Å². The van der Waals surface area contributed by atoms with Crippen LogP contribution in [0.15, 0.2) is 0 Å². The molecular formula is C31H57N11O8. The number of aliphatic hydroxyl groups is 1. The molecule has 1 heterocycles. The molecule has 50 heavy (non-hydrogen) atoms. The predicted octanol–water partition coefficient (Wildman–Crippen LogP) is -3.87. The third-order valence-corrected chi connectivity index (χ3v) is 7.71. The summed E-state index contributed by atoms with van der Waals surface area (Å²) in [4.78, 5) is 89.0. The van der Waals surface area contributed by atoms with Crippen LogP contribution in [0.25, 0.3) is 0 Å². The van der Waals surface area contributed by atoms with Crippen molar-refractivity contribution in [3.63, 3.8) is 0 Å². The molecule has 0 bridgehead atoms. The van der Waals surface area contributed by atoms with Gasteiger partial charge >= 0.3 is 0 Å². The van der Waals surface area contributed by atoms with E-state index in [1.54, 1.807) is 0 Å². The Kier molecular flexibility index (Phi) is 19.4. The number of nitrogens with two attached hydrogens (primary N) is 2. The number of nitrogens with one attached hydrogen (secondary N) is 9. The van der Waals surface area contributed by atoms with Crippen molar-refractivity contribution in [3.8, 4) is 0 Å². The van der Waals surface area contributed by atoms with Crippen molar-refractivity contribution < 1.29 is 38.7 Å². The van der Waals surface area contributed by atoms with Crippen LogP contribution in [-0.2, 0) is 33.6 Å². The molecule has 0 radical (unpaired) electrons. The fourth-order valence-corrected chi connectivity index (χ4v) is 5.08. The van der Waals surface area contributed by atoms with Crippen molar-refractivity contribution in [1.29, 1.82) is 5.41 Å². The molecule has 284 valence electrons. The van der Waals surface area contributed by atoms with E-state index in [2.05, 4.69) is 42.5 Å². The number of hydrogen-bond acceptors (Lipinski definition) is 10. The van der Waals surface area contributed by atoms with E-state index in [4.69, 9.17) is 16.9 Å². The highest BCUT2D eigenvalue weighted by Gasteiger charge is 2.31. The summed E-state index contributed by atoms with van der Waals surface area (Å²) in [7, 11) is 0. The third-order valence-electron chi connectivity index (χ3n) is 7.71. The average molecular weight is 712 g/mol. The largest absolute Gasteiger partial charge is 0.394 e. The van der Waals surface area contributed by atoms with Crippen molar-refractivity contribution >= 4 is 47.3 Å². The minimum absolute atomic E-state index is 0.0729. The van der Waals surface area contributed by atoms with Crippen molar-refractivity contribution in [2.75, 3.05) is 26.2 Å². The summed E-state index contributed by atoms with van der Waals surface area (Å²) >= 11 is 0. The van der Waals surface area contributed by atoms with Crippen LogP contribution in [-0.4, -0.2) is 115 Å². The lowest BCUT2D eigenvalue weighted by Gasteiger charge is -2.25. The van der Waals surface area contributed by atoms with Gasteiger partial charge in [0.1, 0.15) is 30.2 Å². The lowest BCUT2D eigenvalue weighted by molar-refractivity contribution is -0.135. The quantitative estimate of drug-likeness (QED) is 0.0293. The monoisotopic (exact) mass is 711 g/mol. The van der Waals surface area contributed by atoms with Crippen LogP contribution in [0.3, 0.4) is 0 Å². The molecule has 1 rings (SSSR count). The minimum atomic E-state index is -1.50. The van der Waals surface area contributed by atoms with Crippen molar-refractivity contribution in [3.05, 3.63) is 0 Å². The highest BCUT2D eigenvalue weighted by molar-refractivity contribution is 5.96. The van der Waals surface area contributed by atoms with Gasteiger partial charge in [0.15, 0.2) is 5.96 Å². The zero-order valence-electron chi connectivity index (χ0n) is 29.6. The number of carbonyl (C=O) groups excluding carboxylic acids is 7. The maximum atomic E-state index is 13.2. The summed E-state index contributed by atoms with van der Waals surface area (Å²) in [5, 5.41) is 37.7. The average Bonchev–Trinajstić information content (AvgIpc) is 3.57. The number of aliphatic hydroxyl groups excluding tert-OH is 1. The maximum Gasteiger partial charge on any atom is 0.245 e. The molecule has 7 amide bonds. The Balaban J connectivity index is 2.78. The number of carbonyl (C=O) groups is 7. The van der Waals surface area contributed by atoms with Crippen LogP contribution in [0.2, 0.25) is 0 Å². The highest BCUT2D eigenvalue weighted by Crippen LogP contribution is 2.09. The minimum Gasteiger partial charge on any atom is -0.394 e. The second-order valence-corrected chi connectivity index (χ2v) is 13.2. The predicted molar refractivity (Wildman–Crippen MR) is 184 cm³/mol. The summed E-state index contributed by atoms with van der Waals surface area (Å²) in [6.07, 6.45) is 2.51. The van der Waals surface area contributed by atoms with Crippen LogP contribution in [0.5, 0.6) is 0 Å². The van der Waals surface area contributed by atoms with Gasteiger partial charge in [-0.1, -0.05) is 27.7 Å². The maximum absolute atomic E-state index is 13.2. The summed E-state index contributed by atoms with van der Waals surface area (Å²) in [5.74, 6) is -5.04. The Bertz CT molecular complexity index is 1190. The van der Waals surface area contributed by atoms with E-state index in [1.807, 2.05) is 27.7 Å². The summed E-state index contributed by atoms with van der Waals surface area (Å²) in [6, 6.07) is -6.15. The molecule has 1 saturated heterocycles. The molecule has 0 aliphatic carbocycles. The molecule has 1 fully saturated rings. The zero-order chi connectivity index (χ0) is 38.0.